The molecule has 8 saturated carbocycles. The number of halogens is 1. The van der Waals surface area contributed by atoms with Gasteiger partial charge in [-0.1, -0.05) is 43.6 Å². The summed E-state index contributed by atoms with van der Waals surface area (Å²) in [6.45, 7) is 14.6. The number of aromatic nitrogens is 4. The zero-order valence-corrected chi connectivity index (χ0v) is 53.6. The summed E-state index contributed by atoms with van der Waals surface area (Å²) < 4.78 is 6.48. The van der Waals surface area contributed by atoms with Gasteiger partial charge in [0.25, 0.3) is 0 Å². The van der Waals surface area contributed by atoms with Crippen molar-refractivity contribution in [2.75, 3.05) is 11.9 Å². The van der Waals surface area contributed by atoms with Crippen LogP contribution in [0.5, 0.6) is 0 Å². The third kappa shape index (κ3) is 13.6. The molecule has 3 heterocycles. The summed E-state index contributed by atoms with van der Waals surface area (Å²) in [4.78, 5) is 39.6. The number of nitrogens with zero attached hydrogens (tertiary/aromatic N) is 5. The first-order valence-corrected chi connectivity index (χ1v) is 28.7. The summed E-state index contributed by atoms with van der Waals surface area (Å²) in [6, 6.07) is 7.23. The number of carbonyl (C=O) groups excluding carboxylic acids is 3. The average molecular weight is 1140 g/mol. The van der Waals surface area contributed by atoms with Crippen LogP contribution in [-0.4, -0.2) is 77.0 Å². The first-order chi connectivity index (χ1) is 34.3. The minimum absolute atomic E-state index is 0. The minimum Gasteiger partial charge on any atom is -1.00 e. The van der Waals surface area contributed by atoms with E-state index in [1.54, 1.807) is 29.2 Å². The van der Waals surface area contributed by atoms with Crippen molar-refractivity contribution in [1.29, 1.82) is 10.5 Å². The maximum atomic E-state index is 13.4. The van der Waals surface area contributed by atoms with Crippen LogP contribution in [0, 0.1) is 116 Å². The Hall–Kier alpha value is -0.197. The number of alkyl halides is 1. The van der Waals surface area contributed by atoms with E-state index in [1.807, 2.05) is 26.0 Å². The molecular weight excluding hydrogens is 1050 g/mol. The van der Waals surface area contributed by atoms with Gasteiger partial charge in [-0.2, -0.15) is 20.7 Å². The summed E-state index contributed by atoms with van der Waals surface area (Å²) in [7, 11) is 0. The minimum atomic E-state index is -0.799. The number of rotatable bonds is 6. The second-order valence-electron chi connectivity index (χ2n) is 25.4. The number of ether oxygens (including phenoxy) is 1. The van der Waals surface area contributed by atoms with Crippen molar-refractivity contribution in [2.45, 2.75) is 181 Å². The van der Waals surface area contributed by atoms with E-state index in [2.05, 4.69) is 63.8 Å². The summed E-state index contributed by atoms with van der Waals surface area (Å²) in [6.07, 6.45) is 22.7. The molecular formula is C57H83BrK2N6O8. The molecule has 9 aliphatic rings. The van der Waals surface area contributed by atoms with E-state index in [-0.39, 0.29) is 133 Å². The number of aromatic amines is 1. The predicted octanol–water partition coefficient (Wildman–Crippen LogP) is 3.19. The number of nitrogens with one attached hydrogen (secondary N) is 1. The van der Waals surface area contributed by atoms with E-state index in [0.717, 1.165) is 98.7 Å². The van der Waals surface area contributed by atoms with Gasteiger partial charge in [0.05, 0.1) is 29.3 Å². The second kappa shape index (κ2) is 26.6. The number of H-pyrrole nitrogens is 1. The average Bonchev–Trinajstić information content (AvgIpc) is 4.23. The smallest absolute Gasteiger partial charge is 1.00 e. The van der Waals surface area contributed by atoms with E-state index < -0.39 is 23.3 Å². The first kappa shape index (κ1) is 63.0. The monoisotopic (exact) mass is 1140 g/mol. The van der Waals surface area contributed by atoms with Crippen molar-refractivity contribution in [3.63, 3.8) is 0 Å². The van der Waals surface area contributed by atoms with E-state index in [9.17, 15) is 29.9 Å². The number of Topliss-reactive ketones (excluding diaryl/α,β-unsaturated/α-hetero) is 2. The van der Waals surface area contributed by atoms with Crippen molar-refractivity contribution in [1.82, 2.24) is 20.0 Å². The molecule has 8 aliphatic carbocycles. The van der Waals surface area contributed by atoms with Crippen molar-refractivity contribution < 1.29 is 144 Å². The molecule has 398 valence electrons. The van der Waals surface area contributed by atoms with Crippen molar-refractivity contribution in [2.24, 2.45) is 93.7 Å². The Kier molecular flexibility index (Phi) is 22.6. The number of carbonyl (C=O) groups is 3. The molecule has 1 unspecified atom stereocenters. The molecule has 0 spiro atoms. The molecule has 0 radical (unpaired) electrons. The quantitative estimate of drug-likeness (QED) is 0.164. The zero-order chi connectivity index (χ0) is 51.8. The molecule has 9 fully saturated rings. The Morgan fingerprint density at radius 2 is 1.31 bits per heavy atom. The molecule has 0 bridgehead atoms. The summed E-state index contributed by atoms with van der Waals surface area (Å²) >= 11 is 3.44. The van der Waals surface area contributed by atoms with Gasteiger partial charge in [0, 0.05) is 24.6 Å². The normalized spacial score (nSPS) is 42.0. The van der Waals surface area contributed by atoms with Crippen molar-refractivity contribution in [3.8, 4) is 12.1 Å². The summed E-state index contributed by atoms with van der Waals surface area (Å²) in [5.41, 5.74) is 0.313. The van der Waals surface area contributed by atoms with Crippen LogP contribution in [0.25, 0.3) is 0 Å². The number of nitriles is 2. The zero-order valence-electron chi connectivity index (χ0n) is 46.8. The molecule has 1 aliphatic heterocycles. The number of ketones is 2. The maximum Gasteiger partial charge on any atom is 1.00 e. The molecule has 11 rings (SSSR count). The number of fused-ring (bicyclic) bond motifs is 10. The topological polar surface area (TPSA) is 227 Å². The van der Waals surface area contributed by atoms with Gasteiger partial charge in [0.15, 0.2) is 17.6 Å². The Labute approximate surface area is 535 Å². The Morgan fingerprint density at radius 1 is 0.784 bits per heavy atom. The standard InChI is InChI=1S/C26H37N3O2.C22H35BrO2.C5H8O4.C4H3N3.2K.H/c1-16-12-22(23(30)15-29-11-8-18(14-27)28-29)26(3)10-7-20-19-6-9-25(2,31)13-17(19)4-5-21(20)24(16)26;1-13-10-18(19(24)12-23)22(3)9-7-16-15-6-8-21(2,25)11-14(15)4-5-17(16)20(13)22;6-5(9-7)4-2-1-3-8-4;5-3-4-1-2-6-7-4;;;/h8,11,16-17,19-22,24,31H,4-7,9-10,12-13,15H2,1-3H3;13-18,20,25H,4-12H2,1-3H3;4,7H,1-3H2;1-2H,(H,6,7);;;/q;;;;2*+1;-1/p-1/t16-,17-,19+,20-,21-,22-,24+,25-,26-;13-,14-,15+,16-,17-,18-,20+,21-,22-;;;;;/m11...../s1. The number of hydrogen-bond acceptors (Lipinski definition) is 12. The SMILES string of the molecule is C[C@@H]1C[C@H](C(=O)CBr)[C@@]2(C)CC[C@H]3[C@@H](CC[C@@H]4C[C@](C)(O)CC[C@@H]43)[C@H]12.C[C@@H]1C[C@H](C(=O)Cn2ccc(C#N)n2)[C@@]2(C)CC[C@H]3[C@@H](CC[C@@H]4C[C@](C)(O)CC[C@@H]43)[C@H]12.N#Cc1ccn[nH]1.O=C(O[O-])C1CCCO1.[H-].[K+].[K+]. The second-order valence-corrected chi connectivity index (χ2v) is 25.9. The van der Waals surface area contributed by atoms with Crippen LogP contribution in [0.4, 0.5) is 0 Å². The van der Waals surface area contributed by atoms with Crippen LogP contribution >= 0.6 is 15.9 Å². The van der Waals surface area contributed by atoms with Crippen molar-refractivity contribution in [3.05, 3.63) is 35.9 Å². The fourth-order valence-electron chi connectivity index (χ4n) is 18.3. The third-order valence-electron chi connectivity index (χ3n) is 21.0. The largest absolute Gasteiger partial charge is 1.00 e. The summed E-state index contributed by atoms with van der Waals surface area (Å²) in [5.74, 6) is 9.22. The molecule has 74 heavy (non-hydrogen) atoms. The van der Waals surface area contributed by atoms with Gasteiger partial charge in [0.1, 0.15) is 23.6 Å². The predicted molar refractivity (Wildman–Crippen MR) is 272 cm³/mol. The Bertz CT molecular complexity index is 2300. The van der Waals surface area contributed by atoms with Gasteiger partial charge in [-0.25, -0.2) is 4.79 Å². The van der Waals surface area contributed by atoms with E-state index in [0.29, 0.717) is 65.0 Å². The van der Waals surface area contributed by atoms with Gasteiger partial charge >= 0.3 is 109 Å². The van der Waals surface area contributed by atoms with Crippen LogP contribution in [0.1, 0.15) is 170 Å². The first-order valence-electron chi connectivity index (χ1n) is 27.6. The fourth-order valence-corrected chi connectivity index (χ4v) is 18.6. The van der Waals surface area contributed by atoms with Gasteiger partial charge in [0.2, 0.25) is 0 Å². The molecule has 2 aromatic rings. The molecule has 17 heteroatoms. The molecule has 0 amide bonds. The van der Waals surface area contributed by atoms with Gasteiger partial charge in [-0.15, -0.1) is 0 Å². The number of hydrogen-bond donors (Lipinski definition) is 3. The third-order valence-corrected chi connectivity index (χ3v) is 21.5. The van der Waals surface area contributed by atoms with Crippen LogP contribution in [-0.2, 0) is 30.6 Å². The number of aliphatic hydroxyl groups is 2. The maximum absolute atomic E-state index is 13.4. The van der Waals surface area contributed by atoms with E-state index >= 15 is 0 Å². The molecule has 19 atom stereocenters. The molecule has 3 N–H and O–H groups in total. The molecule has 14 nitrogen and oxygen atoms in total. The van der Waals surface area contributed by atoms with Gasteiger partial charge in [-0.05, 0) is 223 Å². The molecule has 2 aromatic heterocycles. The van der Waals surface area contributed by atoms with Crippen LogP contribution < -0.4 is 108 Å². The summed E-state index contributed by atoms with van der Waals surface area (Å²) in [5, 5.41) is 58.5. The fraction of sp³-hybridized carbons (Fsp3) is 0.807. The van der Waals surface area contributed by atoms with Crippen LogP contribution in [0.15, 0.2) is 24.5 Å². The van der Waals surface area contributed by atoms with Crippen LogP contribution in [0.3, 0.4) is 0 Å². The van der Waals surface area contributed by atoms with E-state index in [1.165, 1.54) is 57.8 Å². The molecule has 1 saturated heterocycles. The van der Waals surface area contributed by atoms with Crippen LogP contribution in [0.2, 0.25) is 0 Å². The Morgan fingerprint density at radius 3 is 1.73 bits per heavy atom. The van der Waals surface area contributed by atoms with Gasteiger partial charge < -0.3 is 26.5 Å². The van der Waals surface area contributed by atoms with Gasteiger partial charge in [-0.3, -0.25) is 19.4 Å². The van der Waals surface area contributed by atoms with E-state index in [4.69, 9.17) is 15.3 Å². The van der Waals surface area contributed by atoms with Crippen molar-refractivity contribution >= 4 is 33.5 Å². The Balaban J connectivity index is 0.000000210. The molecule has 0 aromatic carbocycles.